The number of aromatic nitrogens is 5. The standard InChI is InChI=1S/C14H15N5O3/c1-20-11-4-3-10(5-12(11)21-2)6-13-17-14(22-18-13)7-19-9-15-8-16-19/h3-5,8-9H,6-7H2,1-2H3. The number of ether oxygens (including phenoxy) is 2. The number of rotatable bonds is 6. The first-order valence-corrected chi connectivity index (χ1v) is 6.63. The van der Waals surface area contributed by atoms with Crippen LogP contribution in [-0.4, -0.2) is 39.1 Å². The van der Waals surface area contributed by atoms with Crippen molar-refractivity contribution in [2.75, 3.05) is 14.2 Å². The van der Waals surface area contributed by atoms with E-state index in [1.165, 1.54) is 6.33 Å². The smallest absolute Gasteiger partial charge is 0.248 e. The molecule has 2 aromatic heterocycles. The van der Waals surface area contributed by atoms with Crippen LogP contribution in [0.25, 0.3) is 0 Å². The second kappa shape index (κ2) is 6.25. The van der Waals surface area contributed by atoms with Crippen molar-refractivity contribution in [3.05, 3.63) is 48.1 Å². The van der Waals surface area contributed by atoms with E-state index in [1.54, 1.807) is 25.2 Å². The number of hydrogen-bond donors (Lipinski definition) is 0. The number of benzene rings is 1. The molecular formula is C14H15N5O3. The quantitative estimate of drug-likeness (QED) is 0.678. The maximum atomic E-state index is 5.28. The summed E-state index contributed by atoms with van der Waals surface area (Å²) in [5.74, 6) is 2.45. The Morgan fingerprint density at radius 3 is 2.77 bits per heavy atom. The maximum Gasteiger partial charge on any atom is 0.248 e. The highest BCUT2D eigenvalue weighted by Crippen LogP contribution is 2.28. The molecule has 1 aromatic carbocycles. The van der Waals surface area contributed by atoms with E-state index < -0.39 is 0 Å². The van der Waals surface area contributed by atoms with E-state index in [9.17, 15) is 0 Å². The summed E-state index contributed by atoms with van der Waals surface area (Å²) in [5.41, 5.74) is 1.01. The second-order valence-electron chi connectivity index (χ2n) is 4.56. The average molecular weight is 301 g/mol. The highest BCUT2D eigenvalue weighted by Gasteiger charge is 2.10. The van der Waals surface area contributed by atoms with Crippen molar-refractivity contribution in [3.8, 4) is 11.5 Å². The molecule has 114 valence electrons. The molecule has 8 nitrogen and oxygen atoms in total. The Kier molecular flexibility index (Phi) is 3.99. The van der Waals surface area contributed by atoms with Gasteiger partial charge in [0.15, 0.2) is 17.3 Å². The van der Waals surface area contributed by atoms with Crippen LogP contribution in [0.2, 0.25) is 0 Å². The molecule has 2 heterocycles. The minimum atomic E-state index is 0.402. The van der Waals surface area contributed by atoms with Crippen molar-refractivity contribution in [1.82, 2.24) is 24.9 Å². The summed E-state index contributed by atoms with van der Waals surface area (Å²) in [5, 5.41) is 7.96. The Morgan fingerprint density at radius 1 is 1.18 bits per heavy atom. The summed E-state index contributed by atoms with van der Waals surface area (Å²) in [7, 11) is 3.21. The van der Waals surface area contributed by atoms with Gasteiger partial charge in [-0.1, -0.05) is 11.2 Å². The first-order valence-electron chi connectivity index (χ1n) is 6.63. The fraction of sp³-hybridized carbons (Fsp3) is 0.286. The van der Waals surface area contributed by atoms with Gasteiger partial charge in [-0.25, -0.2) is 9.67 Å². The highest BCUT2D eigenvalue weighted by atomic mass is 16.5. The molecule has 0 aliphatic rings. The van der Waals surface area contributed by atoms with Gasteiger partial charge in [0, 0.05) is 6.42 Å². The van der Waals surface area contributed by atoms with Gasteiger partial charge in [0.2, 0.25) is 5.89 Å². The predicted octanol–water partition coefficient (Wildman–Crippen LogP) is 1.32. The lowest BCUT2D eigenvalue weighted by Gasteiger charge is -2.08. The van der Waals surface area contributed by atoms with Crippen molar-refractivity contribution in [3.63, 3.8) is 0 Å². The first kappa shape index (κ1) is 14.1. The molecule has 22 heavy (non-hydrogen) atoms. The summed E-state index contributed by atoms with van der Waals surface area (Å²) >= 11 is 0. The van der Waals surface area contributed by atoms with Crippen molar-refractivity contribution in [1.29, 1.82) is 0 Å². The van der Waals surface area contributed by atoms with Crippen LogP contribution in [0.1, 0.15) is 17.3 Å². The predicted molar refractivity (Wildman–Crippen MR) is 75.8 cm³/mol. The normalized spacial score (nSPS) is 10.6. The zero-order chi connectivity index (χ0) is 15.4. The Hall–Kier alpha value is -2.90. The lowest BCUT2D eigenvalue weighted by molar-refractivity contribution is 0.354. The van der Waals surface area contributed by atoms with E-state index in [-0.39, 0.29) is 0 Å². The third-order valence-corrected chi connectivity index (χ3v) is 3.08. The maximum absolute atomic E-state index is 5.28. The van der Waals surface area contributed by atoms with Gasteiger partial charge in [0.05, 0.1) is 14.2 Å². The fourth-order valence-corrected chi connectivity index (χ4v) is 2.05. The molecule has 0 spiro atoms. The Balaban J connectivity index is 1.72. The van der Waals surface area contributed by atoms with Crippen LogP contribution in [0.15, 0.2) is 35.4 Å². The van der Waals surface area contributed by atoms with Crippen molar-refractivity contribution in [2.24, 2.45) is 0 Å². The lowest BCUT2D eigenvalue weighted by atomic mass is 10.1. The number of methoxy groups -OCH3 is 2. The van der Waals surface area contributed by atoms with Gasteiger partial charge in [-0.2, -0.15) is 10.1 Å². The van der Waals surface area contributed by atoms with Gasteiger partial charge in [0.1, 0.15) is 19.2 Å². The molecule has 0 saturated heterocycles. The summed E-state index contributed by atoms with van der Waals surface area (Å²) in [6.45, 7) is 0.402. The summed E-state index contributed by atoms with van der Waals surface area (Å²) < 4.78 is 17.3. The van der Waals surface area contributed by atoms with E-state index in [2.05, 4.69) is 20.2 Å². The van der Waals surface area contributed by atoms with E-state index in [4.69, 9.17) is 14.0 Å². The average Bonchev–Trinajstić information content (AvgIpc) is 3.20. The van der Waals surface area contributed by atoms with Crippen LogP contribution in [0.5, 0.6) is 11.5 Å². The first-order chi connectivity index (χ1) is 10.8. The van der Waals surface area contributed by atoms with Crippen LogP contribution in [-0.2, 0) is 13.0 Å². The minimum absolute atomic E-state index is 0.402. The van der Waals surface area contributed by atoms with Crippen molar-refractivity contribution < 1.29 is 14.0 Å². The molecule has 0 unspecified atom stereocenters. The van der Waals surface area contributed by atoms with Gasteiger partial charge < -0.3 is 14.0 Å². The van der Waals surface area contributed by atoms with Crippen molar-refractivity contribution >= 4 is 0 Å². The molecular weight excluding hydrogens is 286 g/mol. The summed E-state index contributed by atoms with van der Waals surface area (Å²) in [6.07, 6.45) is 3.60. The molecule has 0 atom stereocenters. The topological polar surface area (TPSA) is 88.1 Å². The molecule has 8 heteroatoms. The molecule has 0 aliphatic carbocycles. The van der Waals surface area contributed by atoms with Crippen LogP contribution in [0, 0.1) is 0 Å². The largest absolute Gasteiger partial charge is 0.493 e. The fourth-order valence-electron chi connectivity index (χ4n) is 2.05. The molecule has 0 fully saturated rings. The third kappa shape index (κ3) is 3.05. The van der Waals surface area contributed by atoms with E-state index in [1.807, 2.05) is 18.2 Å². The summed E-state index contributed by atoms with van der Waals surface area (Å²) in [4.78, 5) is 8.20. The molecule has 0 aliphatic heterocycles. The van der Waals surface area contributed by atoms with Crippen LogP contribution in [0.4, 0.5) is 0 Å². The molecule has 3 aromatic rings. The Labute approximate surface area is 126 Å². The molecule has 3 rings (SSSR count). The van der Waals surface area contributed by atoms with Crippen LogP contribution < -0.4 is 9.47 Å². The van der Waals surface area contributed by atoms with Crippen LogP contribution >= 0.6 is 0 Å². The van der Waals surface area contributed by atoms with Gasteiger partial charge in [0.25, 0.3) is 0 Å². The zero-order valence-corrected chi connectivity index (χ0v) is 12.3. The third-order valence-electron chi connectivity index (χ3n) is 3.08. The van der Waals surface area contributed by atoms with Gasteiger partial charge in [-0.3, -0.25) is 0 Å². The van der Waals surface area contributed by atoms with Crippen LogP contribution in [0.3, 0.4) is 0 Å². The van der Waals surface area contributed by atoms with Crippen molar-refractivity contribution in [2.45, 2.75) is 13.0 Å². The Bertz CT molecular complexity index is 739. The van der Waals surface area contributed by atoms with Gasteiger partial charge in [-0.05, 0) is 17.7 Å². The summed E-state index contributed by atoms with van der Waals surface area (Å²) in [6, 6.07) is 5.69. The molecule has 0 amide bonds. The number of nitrogens with zero attached hydrogens (tertiary/aromatic N) is 5. The molecule has 0 saturated carbocycles. The molecule has 0 bridgehead atoms. The highest BCUT2D eigenvalue weighted by molar-refractivity contribution is 5.43. The zero-order valence-electron chi connectivity index (χ0n) is 12.3. The van der Waals surface area contributed by atoms with E-state index in [0.717, 1.165) is 5.56 Å². The SMILES string of the molecule is COc1ccc(Cc2noc(Cn3cncn3)n2)cc1OC. The second-order valence-corrected chi connectivity index (χ2v) is 4.56. The lowest BCUT2D eigenvalue weighted by Crippen LogP contribution is -2.00. The van der Waals surface area contributed by atoms with Gasteiger partial charge >= 0.3 is 0 Å². The van der Waals surface area contributed by atoms with E-state index >= 15 is 0 Å². The minimum Gasteiger partial charge on any atom is -0.493 e. The van der Waals surface area contributed by atoms with Gasteiger partial charge in [-0.15, -0.1) is 0 Å². The monoisotopic (exact) mass is 301 g/mol. The molecule has 0 radical (unpaired) electrons. The number of hydrogen-bond acceptors (Lipinski definition) is 7. The Morgan fingerprint density at radius 2 is 2.05 bits per heavy atom. The molecule has 0 N–H and O–H groups in total. The van der Waals surface area contributed by atoms with E-state index in [0.29, 0.717) is 36.2 Å².